The molecule has 3 aromatic rings. The summed E-state index contributed by atoms with van der Waals surface area (Å²) >= 11 is 0. The number of aromatic hydroxyl groups is 1. The van der Waals surface area contributed by atoms with Crippen LogP contribution in [0.25, 0.3) is 10.9 Å². The first-order chi connectivity index (χ1) is 19.4. The van der Waals surface area contributed by atoms with Crippen molar-refractivity contribution >= 4 is 40.6 Å². The van der Waals surface area contributed by atoms with E-state index in [0.717, 1.165) is 10.9 Å². The Labute approximate surface area is 235 Å². The zero-order valence-electron chi connectivity index (χ0n) is 22.3. The van der Waals surface area contributed by atoms with Crippen LogP contribution < -0.4 is 21.7 Å². The molecular formula is C28H33N5O8. The highest BCUT2D eigenvalue weighted by molar-refractivity contribution is 5.94. The number of H-pyrrole nitrogens is 1. The first-order valence-electron chi connectivity index (χ1n) is 12.9. The van der Waals surface area contributed by atoms with Crippen LogP contribution in [0.3, 0.4) is 0 Å². The highest BCUT2D eigenvalue weighted by Crippen LogP contribution is 2.19. The van der Waals surface area contributed by atoms with Gasteiger partial charge in [0.2, 0.25) is 17.7 Å². The molecular weight excluding hydrogens is 534 g/mol. The second kappa shape index (κ2) is 13.9. The Hall–Kier alpha value is -4.91. The summed E-state index contributed by atoms with van der Waals surface area (Å²) in [7, 11) is 0. The molecule has 0 bridgehead atoms. The number of phenols is 1. The van der Waals surface area contributed by atoms with Crippen molar-refractivity contribution in [1.82, 2.24) is 20.9 Å². The van der Waals surface area contributed by atoms with Crippen LogP contribution in [0, 0.1) is 0 Å². The molecule has 0 aliphatic carbocycles. The molecule has 13 heteroatoms. The van der Waals surface area contributed by atoms with Gasteiger partial charge in [0, 0.05) is 29.9 Å². The van der Waals surface area contributed by atoms with E-state index in [4.69, 9.17) is 10.8 Å². The van der Waals surface area contributed by atoms with Crippen LogP contribution >= 0.6 is 0 Å². The maximum atomic E-state index is 13.2. The summed E-state index contributed by atoms with van der Waals surface area (Å²) in [5.41, 5.74) is 8.16. The van der Waals surface area contributed by atoms with Crippen LogP contribution in [-0.2, 0) is 36.8 Å². The molecule has 41 heavy (non-hydrogen) atoms. The second-order valence-electron chi connectivity index (χ2n) is 9.66. The summed E-state index contributed by atoms with van der Waals surface area (Å²) in [6, 6.07) is 8.61. The third-order valence-electron chi connectivity index (χ3n) is 6.47. The second-order valence-corrected chi connectivity index (χ2v) is 9.66. The minimum absolute atomic E-state index is 0.0200. The summed E-state index contributed by atoms with van der Waals surface area (Å²) < 4.78 is 0. The number of phenolic OH excluding ortho intramolecular Hbond substituents is 1. The molecule has 3 amide bonds. The lowest BCUT2D eigenvalue weighted by Crippen LogP contribution is -2.57. The number of hydrogen-bond acceptors (Lipinski definition) is 7. The predicted molar refractivity (Wildman–Crippen MR) is 148 cm³/mol. The van der Waals surface area contributed by atoms with Crippen LogP contribution in [0.2, 0.25) is 0 Å². The standard InChI is InChI=1S/C28H33N5O8/c1-15(31-26(38)20(29)12-16-6-8-18(34)9-7-16)25(37)33-23(13-17-14-30-21-5-3-2-4-19(17)21)27(39)32-22(28(40)41)10-11-24(35)36/h2-9,14-15,20,22-23,30,34H,10-13,29H2,1H3,(H,31,38)(H,32,39)(H,33,37)(H,35,36)(H,40,41). The Kier molecular flexibility index (Phi) is 10.4. The summed E-state index contributed by atoms with van der Waals surface area (Å²) in [6.45, 7) is 1.41. The minimum Gasteiger partial charge on any atom is -0.508 e. The van der Waals surface area contributed by atoms with Crippen molar-refractivity contribution in [1.29, 1.82) is 0 Å². The van der Waals surface area contributed by atoms with Crippen molar-refractivity contribution in [3.8, 4) is 5.75 Å². The van der Waals surface area contributed by atoms with Crippen molar-refractivity contribution < 1.29 is 39.3 Å². The van der Waals surface area contributed by atoms with Crippen LogP contribution in [-0.4, -0.2) is 74.1 Å². The lowest BCUT2D eigenvalue weighted by Gasteiger charge is -2.24. The fourth-order valence-corrected chi connectivity index (χ4v) is 4.19. The van der Waals surface area contributed by atoms with Crippen LogP contribution in [0.4, 0.5) is 0 Å². The van der Waals surface area contributed by atoms with E-state index in [-0.39, 0.29) is 25.0 Å². The number of amides is 3. The van der Waals surface area contributed by atoms with Gasteiger partial charge in [0.05, 0.1) is 6.04 Å². The van der Waals surface area contributed by atoms with E-state index in [2.05, 4.69) is 20.9 Å². The van der Waals surface area contributed by atoms with Gasteiger partial charge in [-0.25, -0.2) is 4.79 Å². The topological polar surface area (TPSA) is 224 Å². The van der Waals surface area contributed by atoms with Gasteiger partial charge in [0.25, 0.3) is 0 Å². The Morgan fingerprint density at radius 1 is 0.854 bits per heavy atom. The summed E-state index contributed by atoms with van der Waals surface area (Å²) in [5, 5.41) is 36.0. The number of nitrogens with one attached hydrogen (secondary N) is 4. The molecule has 1 aromatic heterocycles. The first kappa shape index (κ1) is 30.6. The van der Waals surface area contributed by atoms with Crippen molar-refractivity contribution in [3.63, 3.8) is 0 Å². The molecule has 0 aliphatic heterocycles. The molecule has 0 saturated heterocycles. The van der Waals surface area contributed by atoms with Gasteiger partial charge in [-0.05, 0) is 49.1 Å². The van der Waals surface area contributed by atoms with Gasteiger partial charge in [-0.1, -0.05) is 30.3 Å². The SMILES string of the molecule is CC(NC(=O)C(N)Cc1ccc(O)cc1)C(=O)NC(Cc1c[nH]c2ccccc12)C(=O)NC(CCC(=O)O)C(=O)O. The maximum absolute atomic E-state index is 13.2. The minimum atomic E-state index is -1.49. The Balaban J connectivity index is 1.72. The zero-order valence-corrected chi connectivity index (χ0v) is 22.3. The van der Waals surface area contributed by atoms with Gasteiger partial charge < -0.3 is 42.0 Å². The molecule has 0 aliphatic rings. The van der Waals surface area contributed by atoms with Crippen LogP contribution in [0.15, 0.2) is 54.7 Å². The molecule has 13 nitrogen and oxygen atoms in total. The van der Waals surface area contributed by atoms with E-state index in [0.29, 0.717) is 11.1 Å². The van der Waals surface area contributed by atoms with Gasteiger partial charge in [0.1, 0.15) is 23.9 Å². The summed E-state index contributed by atoms with van der Waals surface area (Å²) in [4.78, 5) is 64.6. The lowest BCUT2D eigenvalue weighted by atomic mass is 10.0. The summed E-state index contributed by atoms with van der Waals surface area (Å²) in [5.74, 6) is -4.73. The number of carboxylic acids is 2. The number of carbonyl (C=O) groups is 5. The number of aromatic amines is 1. The maximum Gasteiger partial charge on any atom is 0.326 e. The third kappa shape index (κ3) is 8.80. The number of fused-ring (bicyclic) bond motifs is 1. The molecule has 1 heterocycles. The van der Waals surface area contributed by atoms with E-state index >= 15 is 0 Å². The fourth-order valence-electron chi connectivity index (χ4n) is 4.19. The normalized spacial score (nSPS) is 13.9. The molecule has 0 fully saturated rings. The molecule has 9 N–H and O–H groups in total. The average Bonchev–Trinajstić information content (AvgIpc) is 3.34. The largest absolute Gasteiger partial charge is 0.508 e. The monoisotopic (exact) mass is 567 g/mol. The van der Waals surface area contributed by atoms with E-state index in [9.17, 15) is 34.2 Å². The van der Waals surface area contributed by atoms with Crippen LogP contribution in [0.5, 0.6) is 5.75 Å². The van der Waals surface area contributed by atoms with Crippen molar-refractivity contribution in [3.05, 3.63) is 65.9 Å². The van der Waals surface area contributed by atoms with Gasteiger partial charge in [-0.3, -0.25) is 19.2 Å². The number of para-hydroxylation sites is 1. The number of carboxylic acid groups (broad SMARTS) is 2. The Morgan fingerprint density at radius 3 is 2.17 bits per heavy atom. The number of nitrogens with two attached hydrogens (primary N) is 1. The summed E-state index contributed by atoms with van der Waals surface area (Å²) in [6.07, 6.45) is 0.969. The van der Waals surface area contributed by atoms with Gasteiger partial charge in [0.15, 0.2) is 0 Å². The molecule has 4 atom stereocenters. The highest BCUT2D eigenvalue weighted by atomic mass is 16.4. The smallest absolute Gasteiger partial charge is 0.326 e. The van der Waals surface area contributed by atoms with Crippen molar-refractivity contribution in [2.75, 3.05) is 0 Å². The average molecular weight is 568 g/mol. The number of rotatable bonds is 14. The Bertz CT molecular complexity index is 1400. The molecule has 2 aromatic carbocycles. The van der Waals surface area contributed by atoms with E-state index in [1.54, 1.807) is 24.4 Å². The lowest BCUT2D eigenvalue weighted by molar-refractivity contribution is -0.143. The molecule has 4 unspecified atom stereocenters. The molecule has 218 valence electrons. The molecule has 3 rings (SSSR count). The number of hydrogen-bond donors (Lipinski definition) is 8. The van der Waals surface area contributed by atoms with Crippen molar-refractivity contribution in [2.24, 2.45) is 5.73 Å². The quantitative estimate of drug-likeness (QED) is 0.135. The Morgan fingerprint density at radius 2 is 1.51 bits per heavy atom. The number of carbonyl (C=O) groups excluding carboxylic acids is 3. The van der Waals surface area contributed by atoms with Gasteiger partial charge >= 0.3 is 11.9 Å². The predicted octanol–water partition coefficient (Wildman–Crippen LogP) is 0.410. The molecule has 0 spiro atoms. The fraction of sp³-hybridized carbons (Fsp3) is 0.321. The molecule has 0 saturated carbocycles. The van der Waals surface area contributed by atoms with E-state index < -0.39 is 60.2 Å². The number of benzene rings is 2. The zero-order chi connectivity index (χ0) is 30.1. The number of aromatic nitrogens is 1. The van der Waals surface area contributed by atoms with E-state index in [1.165, 1.54) is 19.1 Å². The van der Waals surface area contributed by atoms with E-state index in [1.807, 2.05) is 18.2 Å². The first-order valence-corrected chi connectivity index (χ1v) is 12.9. The molecule has 0 radical (unpaired) electrons. The van der Waals surface area contributed by atoms with Crippen molar-refractivity contribution in [2.45, 2.75) is 56.8 Å². The highest BCUT2D eigenvalue weighted by Gasteiger charge is 2.30. The third-order valence-corrected chi connectivity index (χ3v) is 6.47. The number of aliphatic carboxylic acids is 2. The van der Waals surface area contributed by atoms with Gasteiger partial charge in [-0.15, -0.1) is 0 Å². The van der Waals surface area contributed by atoms with Crippen LogP contribution in [0.1, 0.15) is 30.9 Å². The van der Waals surface area contributed by atoms with Gasteiger partial charge in [-0.2, -0.15) is 0 Å².